The number of hydrogen-bond donors (Lipinski definition) is 0. The van der Waals surface area contributed by atoms with Crippen molar-refractivity contribution in [2.75, 3.05) is 0 Å². The first-order valence-electron chi connectivity index (χ1n) is 9.69. The van der Waals surface area contributed by atoms with E-state index in [1.54, 1.807) is 0 Å². The molecule has 0 atom stereocenters. The Balaban J connectivity index is 2.04. The van der Waals surface area contributed by atoms with Gasteiger partial charge in [0.05, 0.1) is 13.1 Å². The van der Waals surface area contributed by atoms with Gasteiger partial charge in [0, 0.05) is 41.5 Å². The maximum atomic E-state index is 3.88. The summed E-state index contributed by atoms with van der Waals surface area (Å²) in [7, 11) is 0. The van der Waals surface area contributed by atoms with Crippen molar-refractivity contribution < 1.29 is 9.13 Å². The fourth-order valence-electron chi connectivity index (χ4n) is 4.04. The molecule has 0 N–H and O–H groups in total. The third kappa shape index (κ3) is 3.69. The predicted molar refractivity (Wildman–Crippen MR) is 107 cm³/mol. The molecule has 26 heavy (non-hydrogen) atoms. The van der Waals surface area contributed by atoms with E-state index in [0.717, 1.165) is 26.2 Å². The van der Waals surface area contributed by atoms with Crippen LogP contribution in [0, 0.1) is 41.5 Å². The van der Waals surface area contributed by atoms with Crippen LogP contribution in [0.5, 0.6) is 0 Å². The van der Waals surface area contributed by atoms with Gasteiger partial charge in [-0.1, -0.05) is 25.3 Å². The summed E-state index contributed by atoms with van der Waals surface area (Å²) in [5.74, 6) is 2.65. The lowest BCUT2D eigenvalue weighted by Crippen LogP contribution is -2.41. The second-order valence-electron chi connectivity index (χ2n) is 7.25. The van der Waals surface area contributed by atoms with Crippen molar-refractivity contribution in [3.63, 3.8) is 0 Å². The van der Waals surface area contributed by atoms with E-state index >= 15 is 0 Å². The highest BCUT2D eigenvalue weighted by molar-refractivity contribution is 5.08. The highest BCUT2D eigenvalue weighted by Gasteiger charge is 2.22. The molecule has 0 amide bonds. The third-order valence-corrected chi connectivity index (χ3v) is 5.87. The summed E-state index contributed by atoms with van der Waals surface area (Å²) in [5, 5.41) is 0. The number of allylic oxidation sites excluding steroid dienone is 2. The van der Waals surface area contributed by atoms with Crippen LogP contribution < -0.4 is 9.13 Å². The maximum absolute atomic E-state index is 3.88. The lowest BCUT2D eigenvalue weighted by Gasteiger charge is -2.03. The van der Waals surface area contributed by atoms with Gasteiger partial charge in [-0.25, -0.2) is 18.3 Å². The zero-order chi connectivity index (χ0) is 19.4. The van der Waals surface area contributed by atoms with Crippen LogP contribution >= 0.6 is 0 Å². The number of nitrogens with zero attached hydrogens (tertiary/aromatic N) is 4. The zero-order valence-electron chi connectivity index (χ0n) is 17.6. The molecule has 0 bridgehead atoms. The SMILES string of the molecule is C=CCn1c(C)c(C)[n+](CCCC[n+]2c(C)c(C)n(CC=C)c2C)c1C. The van der Waals surface area contributed by atoms with Crippen molar-refractivity contribution in [2.24, 2.45) is 0 Å². The van der Waals surface area contributed by atoms with Crippen LogP contribution in [0.4, 0.5) is 0 Å². The molecule has 4 nitrogen and oxygen atoms in total. The molecule has 2 rings (SSSR count). The summed E-state index contributed by atoms with van der Waals surface area (Å²) >= 11 is 0. The van der Waals surface area contributed by atoms with Gasteiger partial charge < -0.3 is 0 Å². The molecule has 0 fully saturated rings. The Morgan fingerprint density at radius 2 is 1.04 bits per heavy atom. The van der Waals surface area contributed by atoms with Gasteiger partial charge in [0.2, 0.25) is 0 Å². The van der Waals surface area contributed by atoms with Gasteiger partial charge >= 0.3 is 0 Å². The smallest absolute Gasteiger partial charge is 0.232 e. The summed E-state index contributed by atoms with van der Waals surface area (Å²) in [5.41, 5.74) is 5.44. The van der Waals surface area contributed by atoms with E-state index in [0.29, 0.717) is 0 Å². The first kappa shape index (κ1) is 20.2. The van der Waals surface area contributed by atoms with E-state index in [1.807, 2.05) is 12.2 Å². The average Bonchev–Trinajstić information content (AvgIpc) is 2.94. The number of rotatable bonds is 9. The van der Waals surface area contributed by atoms with Crippen molar-refractivity contribution in [1.29, 1.82) is 0 Å². The molecule has 0 aliphatic carbocycles. The van der Waals surface area contributed by atoms with Crippen LogP contribution in [-0.2, 0) is 26.2 Å². The van der Waals surface area contributed by atoms with E-state index in [2.05, 4.69) is 73.0 Å². The highest BCUT2D eigenvalue weighted by Crippen LogP contribution is 2.10. The lowest BCUT2D eigenvalue weighted by molar-refractivity contribution is -0.719. The monoisotopic (exact) mass is 356 g/mol. The Labute approximate surface area is 159 Å². The number of hydrogen-bond acceptors (Lipinski definition) is 0. The number of unbranched alkanes of at least 4 members (excludes halogenated alkanes) is 1. The topological polar surface area (TPSA) is 17.6 Å². The maximum Gasteiger partial charge on any atom is 0.253 e. The molecule has 142 valence electrons. The van der Waals surface area contributed by atoms with E-state index < -0.39 is 0 Å². The van der Waals surface area contributed by atoms with Gasteiger partial charge in [0.25, 0.3) is 11.6 Å². The minimum atomic E-state index is 0.885. The predicted octanol–water partition coefficient (Wildman–Crippen LogP) is 3.57. The molecule has 2 aromatic heterocycles. The molecule has 4 heteroatoms. The largest absolute Gasteiger partial charge is 0.253 e. The Kier molecular flexibility index (Phi) is 6.63. The Hall–Kier alpha value is -2.10. The summed E-state index contributed by atoms with van der Waals surface area (Å²) in [6.07, 6.45) is 6.31. The third-order valence-electron chi connectivity index (χ3n) is 5.87. The van der Waals surface area contributed by atoms with Crippen LogP contribution in [0.2, 0.25) is 0 Å². The van der Waals surface area contributed by atoms with Crippen LogP contribution in [0.15, 0.2) is 25.3 Å². The minimum absolute atomic E-state index is 0.885. The van der Waals surface area contributed by atoms with Crippen LogP contribution in [0.25, 0.3) is 0 Å². The molecule has 0 saturated heterocycles. The van der Waals surface area contributed by atoms with Crippen molar-refractivity contribution >= 4 is 0 Å². The fraction of sp³-hybridized carbons (Fsp3) is 0.545. The van der Waals surface area contributed by atoms with Gasteiger partial charge in [-0.2, -0.15) is 0 Å². The zero-order valence-corrected chi connectivity index (χ0v) is 17.6. The minimum Gasteiger partial charge on any atom is -0.232 e. The summed E-state index contributed by atoms with van der Waals surface area (Å²) in [4.78, 5) is 0. The molecule has 0 aromatic carbocycles. The molecule has 0 spiro atoms. The van der Waals surface area contributed by atoms with Crippen molar-refractivity contribution in [3.8, 4) is 0 Å². The van der Waals surface area contributed by atoms with E-state index in [1.165, 1.54) is 47.3 Å². The molecule has 0 aliphatic heterocycles. The second kappa shape index (κ2) is 8.52. The molecule has 0 aliphatic rings. The van der Waals surface area contributed by atoms with Gasteiger partial charge in [-0.15, -0.1) is 0 Å². The van der Waals surface area contributed by atoms with Crippen molar-refractivity contribution in [2.45, 2.75) is 80.6 Å². The second-order valence-corrected chi connectivity index (χ2v) is 7.25. The lowest BCUT2D eigenvalue weighted by atomic mass is 10.2. The quantitative estimate of drug-likeness (QED) is 0.371. The van der Waals surface area contributed by atoms with Crippen LogP contribution in [0.1, 0.15) is 47.3 Å². The fourth-order valence-corrected chi connectivity index (χ4v) is 4.04. The Morgan fingerprint density at radius 3 is 1.35 bits per heavy atom. The van der Waals surface area contributed by atoms with Crippen molar-refractivity contribution in [1.82, 2.24) is 9.13 Å². The summed E-state index contributed by atoms with van der Waals surface area (Å²) in [6.45, 7) is 25.0. The number of imidazole rings is 2. The van der Waals surface area contributed by atoms with Gasteiger partial charge in [-0.05, 0) is 12.8 Å². The molecule has 0 unspecified atom stereocenters. The Morgan fingerprint density at radius 1 is 0.692 bits per heavy atom. The molecule has 2 aromatic rings. The van der Waals surface area contributed by atoms with Crippen LogP contribution in [-0.4, -0.2) is 9.13 Å². The summed E-state index contributed by atoms with van der Waals surface area (Å²) in [6, 6.07) is 0. The summed E-state index contributed by atoms with van der Waals surface area (Å²) < 4.78 is 9.61. The average molecular weight is 357 g/mol. The Bertz CT molecular complexity index is 737. The van der Waals surface area contributed by atoms with Gasteiger partial charge in [0.1, 0.15) is 35.9 Å². The first-order chi connectivity index (χ1) is 12.3. The van der Waals surface area contributed by atoms with E-state index in [9.17, 15) is 0 Å². The standard InChI is InChI=1S/C22H36N4/c1-9-13-23-17(3)19(5)25(21(23)7)15-11-12-16-26-20(6)18(4)24(14-10-2)22(26)8/h9-10H,1-2,11-16H2,3-8H3/q+2. The molecular weight excluding hydrogens is 320 g/mol. The van der Waals surface area contributed by atoms with Crippen LogP contribution in [0.3, 0.4) is 0 Å². The first-order valence-corrected chi connectivity index (χ1v) is 9.69. The van der Waals surface area contributed by atoms with Gasteiger partial charge in [0.15, 0.2) is 0 Å². The highest BCUT2D eigenvalue weighted by atomic mass is 15.2. The molecule has 0 radical (unpaired) electrons. The molecule has 0 saturated carbocycles. The molecular formula is C22H36N4+2. The normalized spacial score (nSPS) is 11.2. The van der Waals surface area contributed by atoms with E-state index in [-0.39, 0.29) is 0 Å². The van der Waals surface area contributed by atoms with E-state index in [4.69, 9.17) is 0 Å². The van der Waals surface area contributed by atoms with Gasteiger partial charge in [-0.3, -0.25) is 0 Å². The number of aromatic nitrogens is 4. The molecule has 2 heterocycles. The van der Waals surface area contributed by atoms with Crippen molar-refractivity contribution in [3.05, 3.63) is 59.7 Å².